The molecular weight excluding hydrogens is 248 g/mol. The first kappa shape index (κ1) is 13.7. The molecule has 2 aromatic rings. The molecule has 0 aliphatic rings. The lowest BCUT2D eigenvalue weighted by Crippen LogP contribution is -2.24. The van der Waals surface area contributed by atoms with Gasteiger partial charge in [-0.3, -0.25) is 0 Å². The molecule has 0 bridgehead atoms. The van der Waals surface area contributed by atoms with E-state index in [-0.39, 0.29) is 0 Å². The summed E-state index contributed by atoms with van der Waals surface area (Å²) in [4.78, 5) is 0. The molecule has 2 rings (SSSR count). The third-order valence-electron chi connectivity index (χ3n) is 3.10. The number of nitrogens with one attached hydrogen (secondary N) is 1. The summed E-state index contributed by atoms with van der Waals surface area (Å²) in [6, 6.07) is 5.63. The summed E-state index contributed by atoms with van der Waals surface area (Å²) in [6.45, 7) is 4.55. The molecule has 1 heterocycles. The highest BCUT2D eigenvalue weighted by Crippen LogP contribution is 2.28. The lowest BCUT2D eigenvalue weighted by atomic mass is 9.98. The zero-order valence-corrected chi connectivity index (χ0v) is 11.0. The van der Waals surface area contributed by atoms with Crippen molar-refractivity contribution < 1.29 is 13.2 Å². The van der Waals surface area contributed by atoms with E-state index in [9.17, 15) is 8.78 Å². The minimum absolute atomic E-state index is 0.304. The summed E-state index contributed by atoms with van der Waals surface area (Å²) in [5, 5.41) is 3.23. The molecule has 102 valence electrons. The van der Waals surface area contributed by atoms with Crippen molar-refractivity contribution in [2.75, 3.05) is 6.54 Å². The molecule has 2 nitrogen and oxygen atoms in total. The first-order chi connectivity index (χ1) is 9.15. The van der Waals surface area contributed by atoms with Crippen LogP contribution in [0.3, 0.4) is 0 Å². The zero-order chi connectivity index (χ0) is 13.8. The topological polar surface area (TPSA) is 25.2 Å². The van der Waals surface area contributed by atoms with Gasteiger partial charge in [-0.15, -0.1) is 0 Å². The summed E-state index contributed by atoms with van der Waals surface area (Å²) in [6.07, 6.45) is 2.47. The van der Waals surface area contributed by atoms with E-state index in [0.29, 0.717) is 17.9 Å². The van der Waals surface area contributed by atoms with Crippen molar-refractivity contribution in [3.05, 3.63) is 59.1 Å². The van der Waals surface area contributed by atoms with Crippen LogP contribution < -0.4 is 5.32 Å². The summed E-state index contributed by atoms with van der Waals surface area (Å²) in [7, 11) is 0. The van der Waals surface area contributed by atoms with Gasteiger partial charge in [-0.1, -0.05) is 19.1 Å². The minimum atomic E-state index is -0.832. The van der Waals surface area contributed by atoms with Gasteiger partial charge < -0.3 is 9.73 Å². The van der Waals surface area contributed by atoms with Crippen molar-refractivity contribution in [3.63, 3.8) is 0 Å². The minimum Gasteiger partial charge on any atom is -0.469 e. The fourth-order valence-corrected chi connectivity index (χ4v) is 2.11. The summed E-state index contributed by atoms with van der Waals surface area (Å²) >= 11 is 0. The monoisotopic (exact) mass is 265 g/mol. The van der Waals surface area contributed by atoms with E-state index in [1.807, 2.05) is 13.8 Å². The van der Waals surface area contributed by atoms with Crippen molar-refractivity contribution in [1.82, 2.24) is 5.32 Å². The fraction of sp³-hybridized carbons (Fsp3) is 0.333. The Morgan fingerprint density at radius 3 is 2.63 bits per heavy atom. The number of halogens is 2. The van der Waals surface area contributed by atoms with Crippen molar-refractivity contribution >= 4 is 0 Å². The number of aryl methyl sites for hydroxylation is 1. The van der Waals surface area contributed by atoms with E-state index >= 15 is 0 Å². The quantitative estimate of drug-likeness (QED) is 0.885. The van der Waals surface area contributed by atoms with Gasteiger partial charge in [-0.25, -0.2) is 8.78 Å². The molecule has 0 amide bonds. The smallest absolute Gasteiger partial charge is 0.163 e. The maximum atomic E-state index is 14.0. The molecule has 0 saturated heterocycles. The molecule has 19 heavy (non-hydrogen) atoms. The lowest BCUT2D eigenvalue weighted by molar-refractivity contribution is 0.474. The van der Waals surface area contributed by atoms with E-state index in [1.54, 1.807) is 18.4 Å². The van der Waals surface area contributed by atoms with Gasteiger partial charge in [0.2, 0.25) is 0 Å². The molecule has 0 spiro atoms. The van der Waals surface area contributed by atoms with E-state index in [4.69, 9.17) is 4.42 Å². The van der Waals surface area contributed by atoms with Crippen LogP contribution in [0.15, 0.2) is 34.9 Å². The maximum Gasteiger partial charge on any atom is 0.163 e. The second kappa shape index (κ2) is 5.97. The molecule has 0 fully saturated rings. The molecule has 1 aromatic heterocycles. The first-order valence-electron chi connectivity index (χ1n) is 6.36. The van der Waals surface area contributed by atoms with Gasteiger partial charge in [-0.05, 0) is 32.0 Å². The Kier molecular flexibility index (Phi) is 4.32. The Balaban J connectivity index is 2.43. The van der Waals surface area contributed by atoms with Gasteiger partial charge >= 0.3 is 0 Å². The van der Waals surface area contributed by atoms with Gasteiger partial charge in [0.1, 0.15) is 5.76 Å². The van der Waals surface area contributed by atoms with Crippen LogP contribution in [-0.2, 0) is 0 Å². The van der Waals surface area contributed by atoms with E-state index in [1.165, 1.54) is 6.07 Å². The van der Waals surface area contributed by atoms with Crippen molar-refractivity contribution in [2.24, 2.45) is 0 Å². The molecular formula is C15H17F2NO. The van der Waals surface area contributed by atoms with Crippen LogP contribution >= 0.6 is 0 Å². The second-order valence-corrected chi connectivity index (χ2v) is 4.46. The van der Waals surface area contributed by atoms with Crippen molar-refractivity contribution in [3.8, 4) is 0 Å². The predicted octanol–water partition coefficient (Wildman–Crippen LogP) is 3.96. The Morgan fingerprint density at radius 1 is 1.21 bits per heavy atom. The van der Waals surface area contributed by atoms with Crippen LogP contribution in [0.5, 0.6) is 0 Å². The van der Waals surface area contributed by atoms with Crippen molar-refractivity contribution in [2.45, 2.75) is 26.3 Å². The molecule has 0 radical (unpaired) electrons. The van der Waals surface area contributed by atoms with Crippen LogP contribution in [0, 0.1) is 18.6 Å². The lowest BCUT2D eigenvalue weighted by Gasteiger charge is -2.19. The van der Waals surface area contributed by atoms with Gasteiger partial charge in [-0.2, -0.15) is 0 Å². The number of benzene rings is 1. The van der Waals surface area contributed by atoms with Crippen LogP contribution in [-0.4, -0.2) is 6.54 Å². The average Bonchev–Trinajstić information content (AvgIpc) is 2.81. The first-order valence-corrected chi connectivity index (χ1v) is 6.36. The molecule has 4 heteroatoms. The average molecular weight is 265 g/mol. The highest BCUT2D eigenvalue weighted by molar-refractivity contribution is 5.34. The van der Waals surface area contributed by atoms with E-state index in [0.717, 1.165) is 18.1 Å². The number of rotatable bonds is 5. The Bertz CT molecular complexity index is 551. The highest BCUT2D eigenvalue weighted by atomic mass is 19.2. The Labute approximate surface area is 111 Å². The Morgan fingerprint density at radius 2 is 2.00 bits per heavy atom. The highest BCUT2D eigenvalue weighted by Gasteiger charge is 2.22. The van der Waals surface area contributed by atoms with Crippen molar-refractivity contribution in [1.29, 1.82) is 0 Å². The maximum absolute atomic E-state index is 14.0. The number of hydrogen-bond acceptors (Lipinski definition) is 2. The molecule has 0 aliphatic carbocycles. The Hall–Kier alpha value is -1.68. The summed E-state index contributed by atoms with van der Waals surface area (Å²) in [5.74, 6) is -0.934. The normalized spacial score (nSPS) is 12.6. The largest absolute Gasteiger partial charge is 0.469 e. The third kappa shape index (κ3) is 2.84. The van der Waals surface area contributed by atoms with Gasteiger partial charge in [0, 0.05) is 11.1 Å². The molecule has 0 saturated carbocycles. The molecule has 1 atom stereocenters. The molecule has 1 unspecified atom stereocenters. The SMILES string of the molecule is CCCNC(c1ccoc1C)c1cccc(F)c1F. The third-order valence-corrected chi connectivity index (χ3v) is 3.10. The van der Waals surface area contributed by atoms with E-state index in [2.05, 4.69) is 5.32 Å². The van der Waals surface area contributed by atoms with Gasteiger partial charge in [0.25, 0.3) is 0 Å². The molecule has 1 aromatic carbocycles. The fourth-order valence-electron chi connectivity index (χ4n) is 2.11. The summed E-state index contributed by atoms with van der Waals surface area (Å²) in [5.41, 5.74) is 1.14. The van der Waals surface area contributed by atoms with Gasteiger partial charge in [0.15, 0.2) is 11.6 Å². The number of furan rings is 1. The second-order valence-electron chi connectivity index (χ2n) is 4.46. The van der Waals surface area contributed by atoms with Crippen LogP contribution in [0.25, 0.3) is 0 Å². The van der Waals surface area contributed by atoms with Crippen LogP contribution in [0.4, 0.5) is 8.78 Å². The predicted molar refractivity (Wildman–Crippen MR) is 69.9 cm³/mol. The zero-order valence-electron chi connectivity index (χ0n) is 11.0. The van der Waals surface area contributed by atoms with Crippen LogP contribution in [0.2, 0.25) is 0 Å². The van der Waals surface area contributed by atoms with Crippen LogP contribution in [0.1, 0.15) is 36.3 Å². The van der Waals surface area contributed by atoms with E-state index < -0.39 is 17.7 Å². The van der Waals surface area contributed by atoms with Gasteiger partial charge in [0.05, 0.1) is 12.3 Å². The number of hydrogen-bond donors (Lipinski definition) is 1. The molecule has 1 N–H and O–H groups in total. The summed E-state index contributed by atoms with van der Waals surface area (Å²) < 4.78 is 32.6. The molecule has 0 aliphatic heterocycles. The standard InChI is InChI=1S/C15H17F2NO/c1-3-8-18-15(11-7-9-19-10(11)2)12-5-4-6-13(16)14(12)17/h4-7,9,15,18H,3,8H2,1-2H3.